The first-order chi connectivity index (χ1) is 9.86. The Balaban J connectivity index is 2.27. The van der Waals surface area contributed by atoms with Crippen LogP contribution < -0.4 is 5.73 Å². The molecule has 2 heterocycles. The van der Waals surface area contributed by atoms with E-state index in [0.717, 1.165) is 19.0 Å². The molecule has 1 aliphatic heterocycles. The number of hydrogen-bond acceptors (Lipinski definition) is 6. The number of nitrogens with zero attached hydrogens (tertiary/aromatic N) is 3. The highest BCUT2D eigenvalue weighted by atomic mass is 16.6. The lowest BCUT2D eigenvalue weighted by molar-refractivity contribution is -0.385. The lowest BCUT2D eigenvalue weighted by atomic mass is 9.94. The molecular weight excluding hydrogens is 276 g/mol. The number of nitro groups is 1. The number of aromatic nitrogens is 1. The molecule has 8 heteroatoms. The van der Waals surface area contributed by atoms with Gasteiger partial charge in [-0.25, -0.2) is 4.98 Å². The average Bonchev–Trinajstić information content (AvgIpc) is 2.47. The summed E-state index contributed by atoms with van der Waals surface area (Å²) in [7, 11) is 1.61. The molecule has 0 aliphatic carbocycles. The molecule has 8 nitrogen and oxygen atoms in total. The van der Waals surface area contributed by atoms with E-state index in [1.807, 2.05) is 6.92 Å². The van der Waals surface area contributed by atoms with Gasteiger partial charge in [0.2, 0.25) is 0 Å². The highest BCUT2D eigenvalue weighted by Gasteiger charge is 2.34. The molecule has 1 amide bonds. The monoisotopic (exact) mass is 294 g/mol. The van der Waals surface area contributed by atoms with E-state index in [1.165, 1.54) is 6.07 Å². The Bertz CT molecular complexity index is 577. The molecule has 0 radical (unpaired) electrons. The minimum atomic E-state index is -0.599. The number of nitrogens with two attached hydrogens (primary N) is 1. The molecule has 2 N–H and O–H groups in total. The van der Waals surface area contributed by atoms with Gasteiger partial charge >= 0.3 is 0 Å². The molecule has 114 valence electrons. The number of pyridine rings is 1. The van der Waals surface area contributed by atoms with Crippen molar-refractivity contribution in [2.24, 2.45) is 0 Å². The van der Waals surface area contributed by atoms with Crippen molar-refractivity contribution >= 4 is 17.4 Å². The van der Waals surface area contributed by atoms with Gasteiger partial charge in [-0.15, -0.1) is 0 Å². The predicted octanol–water partition coefficient (Wildman–Crippen LogP) is 1.21. The molecule has 21 heavy (non-hydrogen) atoms. The number of nitrogen functional groups attached to an aromatic ring is 1. The van der Waals surface area contributed by atoms with Gasteiger partial charge in [0.05, 0.1) is 16.1 Å². The van der Waals surface area contributed by atoms with E-state index < -0.39 is 10.5 Å². The maximum absolute atomic E-state index is 12.5. The number of hydrogen-bond donors (Lipinski definition) is 1. The number of anilines is 1. The van der Waals surface area contributed by atoms with E-state index >= 15 is 0 Å². The summed E-state index contributed by atoms with van der Waals surface area (Å²) >= 11 is 0. The molecule has 0 aromatic carbocycles. The van der Waals surface area contributed by atoms with Gasteiger partial charge < -0.3 is 15.4 Å². The van der Waals surface area contributed by atoms with Crippen molar-refractivity contribution in [2.45, 2.75) is 25.4 Å². The number of rotatable bonds is 3. The smallest absolute Gasteiger partial charge is 0.288 e. The van der Waals surface area contributed by atoms with Gasteiger partial charge in [-0.1, -0.05) is 0 Å². The molecule has 2 rings (SSSR count). The number of ether oxygens (including phenoxy) is 1. The van der Waals surface area contributed by atoms with Crippen LogP contribution >= 0.6 is 0 Å². The van der Waals surface area contributed by atoms with Crippen LogP contribution in [0.4, 0.5) is 11.5 Å². The minimum Gasteiger partial charge on any atom is -0.383 e. The Kier molecular flexibility index (Phi) is 4.08. The Morgan fingerprint density at radius 3 is 2.95 bits per heavy atom. The Morgan fingerprint density at radius 1 is 1.62 bits per heavy atom. The summed E-state index contributed by atoms with van der Waals surface area (Å²) < 4.78 is 5.44. The van der Waals surface area contributed by atoms with E-state index in [9.17, 15) is 14.9 Å². The first kappa shape index (κ1) is 15.2. The molecule has 0 bridgehead atoms. The van der Waals surface area contributed by atoms with E-state index in [2.05, 4.69) is 4.98 Å². The van der Waals surface area contributed by atoms with Crippen LogP contribution in [-0.4, -0.2) is 46.5 Å². The van der Waals surface area contributed by atoms with Crippen LogP contribution in [0.5, 0.6) is 0 Å². The molecular formula is C13H18N4O4. The van der Waals surface area contributed by atoms with Crippen molar-refractivity contribution < 1.29 is 14.5 Å². The Labute approximate surface area is 122 Å². The second-order valence-corrected chi connectivity index (χ2v) is 5.37. The average molecular weight is 294 g/mol. The number of carbonyl (C=O) groups is 1. The molecule has 1 fully saturated rings. The predicted molar refractivity (Wildman–Crippen MR) is 75.9 cm³/mol. The normalized spacial score (nSPS) is 22.1. The molecule has 0 saturated carbocycles. The fourth-order valence-corrected chi connectivity index (χ4v) is 2.45. The zero-order valence-electron chi connectivity index (χ0n) is 12.0. The van der Waals surface area contributed by atoms with Gasteiger partial charge in [-0.2, -0.15) is 0 Å². The number of methoxy groups -OCH3 is 1. The van der Waals surface area contributed by atoms with E-state index in [4.69, 9.17) is 10.5 Å². The minimum absolute atomic E-state index is 0.00436. The Hall–Kier alpha value is -2.22. The van der Waals surface area contributed by atoms with Gasteiger partial charge in [0, 0.05) is 26.3 Å². The van der Waals surface area contributed by atoms with Gasteiger partial charge in [-0.05, 0) is 19.8 Å². The summed E-state index contributed by atoms with van der Waals surface area (Å²) in [5, 5.41) is 10.8. The first-order valence-corrected chi connectivity index (χ1v) is 6.60. The molecule has 1 atom stereocenters. The first-order valence-electron chi connectivity index (χ1n) is 6.60. The highest BCUT2D eigenvalue weighted by Crippen LogP contribution is 2.26. The third-order valence-electron chi connectivity index (χ3n) is 3.78. The van der Waals surface area contributed by atoms with Crippen LogP contribution in [0.25, 0.3) is 0 Å². The van der Waals surface area contributed by atoms with E-state index in [1.54, 1.807) is 12.0 Å². The van der Waals surface area contributed by atoms with Gasteiger partial charge in [0.25, 0.3) is 11.6 Å². The summed E-state index contributed by atoms with van der Waals surface area (Å²) in [6.07, 6.45) is 2.70. The van der Waals surface area contributed by atoms with Crippen molar-refractivity contribution in [2.75, 3.05) is 25.9 Å². The van der Waals surface area contributed by atoms with Crippen LogP contribution in [0.15, 0.2) is 12.3 Å². The van der Waals surface area contributed by atoms with Crippen LogP contribution in [-0.2, 0) is 4.74 Å². The van der Waals surface area contributed by atoms with Crippen molar-refractivity contribution in [3.63, 3.8) is 0 Å². The lowest BCUT2D eigenvalue weighted by Crippen LogP contribution is -2.49. The van der Waals surface area contributed by atoms with Crippen molar-refractivity contribution in [1.82, 2.24) is 9.88 Å². The van der Waals surface area contributed by atoms with Crippen molar-refractivity contribution in [1.29, 1.82) is 0 Å². The highest BCUT2D eigenvalue weighted by molar-refractivity contribution is 5.99. The zero-order chi connectivity index (χ0) is 15.6. The maximum Gasteiger partial charge on any atom is 0.288 e. The van der Waals surface area contributed by atoms with Crippen LogP contribution in [0, 0.1) is 10.1 Å². The van der Waals surface area contributed by atoms with Gasteiger partial charge in [0.1, 0.15) is 12.0 Å². The van der Waals surface area contributed by atoms with Crippen LogP contribution in [0.1, 0.15) is 30.1 Å². The van der Waals surface area contributed by atoms with Crippen molar-refractivity contribution in [3.8, 4) is 0 Å². The number of piperidine rings is 1. The topological polar surface area (TPSA) is 112 Å². The van der Waals surface area contributed by atoms with Crippen LogP contribution in [0.2, 0.25) is 0 Å². The second kappa shape index (κ2) is 5.65. The summed E-state index contributed by atoms with van der Waals surface area (Å²) in [5.41, 5.74) is 5.09. The quantitative estimate of drug-likeness (QED) is 0.662. The van der Waals surface area contributed by atoms with Crippen molar-refractivity contribution in [3.05, 3.63) is 27.9 Å². The van der Waals surface area contributed by atoms with E-state index in [-0.39, 0.29) is 23.0 Å². The maximum atomic E-state index is 12.5. The summed E-state index contributed by atoms with van der Waals surface area (Å²) in [6.45, 7) is 2.92. The molecule has 1 unspecified atom stereocenters. The van der Waals surface area contributed by atoms with Gasteiger partial charge in [0.15, 0.2) is 0 Å². The SMILES string of the molecule is COC1(C)CCCN(C(=O)c2cc([N+](=O)[O-])cnc2N)C1. The molecule has 1 saturated heterocycles. The number of carbonyl (C=O) groups excluding carboxylic acids is 1. The number of likely N-dealkylation sites (tertiary alicyclic amines) is 1. The number of amides is 1. The lowest BCUT2D eigenvalue weighted by Gasteiger charge is -2.39. The third kappa shape index (κ3) is 3.10. The standard InChI is InChI=1S/C13H18N4O4/c1-13(21-2)4-3-5-16(8-13)12(18)10-6-9(17(19)20)7-15-11(10)14/h6-7H,3-5,8H2,1-2H3,(H2,14,15). The fraction of sp³-hybridized carbons (Fsp3) is 0.538. The third-order valence-corrected chi connectivity index (χ3v) is 3.78. The van der Waals surface area contributed by atoms with Gasteiger partial charge in [-0.3, -0.25) is 14.9 Å². The van der Waals surface area contributed by atoms with Crippen LogP contribution in [0.3, 0.4) is 0 Å². The fourth-order valence-electron chi connectivity index (χ4n) is 2.45. The largest absolute Gasteiger partial charge is 0.383 e. The summed E-state index contributed by atoms with van der Waals surface area (Å²) in [4.78, 5) is 28.1. The molecule has 1 aromatic rings. The summed E-state index contributed by atoms with van der Waals surface area (Å²) in [5.74, 6) is -0.359. The summed E-state index contributed by atoms with van der Waals surface area (Å²) in [6, 6.07) is 1.17. The molecule has 0 spiro atoms. The molecule has 1 aromatic heterocycles. The zero-order valence-corrected chi connectivity index (χ0v) is 12.0. The second-order valence-electron chi connectivity index (χ2n) is 5.37. The Morgan fingerprint density at radius 2 is 2.33 bits per heavy atom. The van der Waals surface area contributed by atoms with E-state index in [0.29, 0.717) is 13.1 Å². The molecule has 1 aliphatic rings.